The van der Waals surface area contributed by atoms with Crippen LogP contribution in [-0.2, 0) is 0 Å². The Morgan fingerprint density at radius 3 is 2.64 bits per heavy atom. The van der Waals surface area contributed by atoms with Crippen LogP contribution >= 0.6 is 0 Å². The molecule has 5 nitrogen and oxygen atoms in total. The molecule has 0 radical (unpaired) electrons. The Kier molecular flexibility index (Phi) is 4.17. The Morgan fingerprint density at radius 1 is 1.16 bits per heavy atom. The highest BCUT2D eigenvalue weighted by Crippen LogP contribution is 2.27. The van der Waals surface area contributed by atoms with Crippen LogP contribution in [0.1, 0.15) is 28.8 Å². The number of aryl methyl sites for hydroxylation is 1. The summed E-state index contributed by atoms with van der Waals surface area (Å²) in [4.78, 5) is 27.3. The fourth-order valence-corrected chi connectivity index (χ4v) is 3.98. The molecule has 1 atom stereocenters. The number of aromatic nitrogens is 1. The lowest BCUT2D eigenvalue weighted by Gasteiger charge is -2.44. The van der Waals surface area contributed by atoms with Gasteiger partial charge in [0, 0.05) is 30.5 Å². The molecule has 25 heavy (non-hydrogen) atoms. The van der Waals surface area contributed by atoms with Gasteiger partial charge in [0.15, 0.2) is 0 Å². The normalized spacial score (nSPS) is 24.9. The largest absolute Gasteiger partial charge is 0.348 e. The Morgan fingerprint density at radius 2 is 1.96 bits per heavy atom. The van der Waals surface area contributed by atoms with Crippen molar-refractivity contribution in [3.63, 3.8) is 0 Å². The molecule has 1 aromatic carbocycles. The first-order valence-corrected chi connectivity index (χ1v) is 8.93. The van der Waals surface area contributed by atoms with Gasteiger partial charge in [-0.1, -0.05) is 12.1 Å². The van der Waals surface area contributed by atoms with Crippen LogP contribution in [0.4, 0.5) is 0 Å². The number of pyridine rings is 1. The molecule has 0 spiro atoms. The molecule has 5 heteroatoms. The summed E-state index contributed by atoms with van der Waals surface area (Å²) in [6.07, 6.45) is 3.97. The monoisotopic (exact) mass is 337 g/mol. The second-order valence-corrected chi connectivity index (χ2v) is 7.18. The third-order valence-electron chi connectivity index (χ3n) is 5.43. The van der Waals surface area contributed by atoms with E-state index in [9.17, 15) is 9.59 Å². The quantitative estimate of drug-likeness (QED) is 0.932. The zero-order chi connectivity index (χ0) is 17.4. The van der Waals surface area contributed by atoms with E-state index in [0.717, 1.165) is 43.7 Å². The Labute approximate surface area is 147 Å². The number of benzene rings is 1. The average molecular weight is 337 g/mol. The van der Waals surface area contributed by atoms with Crippen molar-refractivity contribution >= 4 is 5.91 Å². The molecule has 1 amide bonds. The van der Waals surface area contributed by atoms with E-state index in [1.54, 1.807) is 16.8 Å². The number of nitrogens with one attached hydrogen (secondary N) is 1. The topological polar surface area (TPSA) is 54.3 Å². The van der Waals surface area contributed by atoms with E-state index in [1.807, 2.05) is 31.2 Å². The summed E-state index contributed by atoms with van der Waals surface area (Å²) in [5.41, 5.74) is 2.25. The van der Waals surface area contributed by atoms with Crippen molar-refractivity contribution in [2.24, 2.45) is 5.92 Å². The predicted octanol–water partition coefficient (Wildman–Crippen LogP) is 1.97. The van der Waals surface area contributed by atoms with Gasteiger partial charge in [-0.3, -0.25) is 14.2 Å². The van der Waals surface area contributed by atoms with Gasteiger partial charge in [0.1, 0.15) is 0 Å². The first kappa shape index (κ1) is 16.1. The van der Waals surface area contributed by atoms with E-state index in [2.05, 4.69) is 10.2 Å². The lowest BCUT2D eigenvalue weighted by atomic mass is 9.84. The molecule has 1 unspecified atom stereocenters. The highest BCUT2D eigenvalue weighted by molar-refractivity contribution is 5.94. The Balaban J connectivity index is 1.57. The zero-order valence-corrected chi connectivity index (χ0v) is 14.4. The minimum absolute atomic E-state index is 0.0971. The first-order chi connectivity index (χ1) is 12.1. The molecule has 3 aliphatic rings. The molecule has 130 valence electrons. The van der Waals surface area contributed by atoms with Gasteiger partial charge in [-0.2, -0.15) is 0 Å². The second kappa shape index (κ2) is 6.48. The molecule has 2 bridgehead atoms. The van der Waals surface area contributed by atoms with Crippen molar-refractivity contribution in [1.82, 2.24) is 14.8 Å². The van der Waals surface area contributed by atoms with Gasteiger partial charge in [-0.15, -0.1) is 0 Å². The van der Waals surface area contributed by atoms with Crippen LogP contribution < -0.4 is 10.9 Å². The summed E-state index contributed by atoms with van der Waals surface area (Å²) < 4.78 is 1.54. The number of nitrogens with zero attached hydrogens (tertiary/aromatic N) is 2. The number of piperidine rings is 3. The third kappa shape index (κ3) is 3.24. The summed E-state index contributed by atoms with van der Waals surface area (Å²) in [5, 5.41) is 3.18. The molecule has 0 saturated carbocycles. The maximum atomic E-state index is 12.7. The first-order valence-electron chi connectivity index (χ1n) is 8.93. The van der Waals surface area contributed by atoms with Crippen molar-refractivity contribution < 1.29 is 4.79 Å². The number of hydrogen-bond donors (Lipinski definition) is 1. The molecule has 2 aromatic rings. The van der Waals surface area contributed by atoms with Crippen molar-refractivity contribution in [2.75, 3.05) is 19.6 Å². The van der Waals surface area contributed by atoms with E-state index in [1.165, 1.54) is 6.07 Å². The van der Waals surface area contributed by atoms with Crippen molar-refractivity contribution in [1.29, 1.82) is 0 Å². The van der Waals surface area contributed by atoms with E-state index in [-0.39, 0.29) is 17.5 Å². The summed E-state index contributed by atoms with van der Waals surface area (Å²) in [6.45, 7) is 5.22. The lowest BCUT2D eigenvalue weighted by Crippen LogP contribution is -2.57. The highest BCUT2D eigenvalue weighted by atomic mass is 16.2. The third-order valence-corrected chi connectivity index (χ3v) is 5.43. The van der Waals surface area contributed by atoms with Gasteiger partial charge in [0.05, 0.1) is 5.56 Å². The average Bonchev–Trinajstić information content (AvgIpc) is 2.63. The molecule has 1 aromatic heterocycles. The van der Waals surface area contributed by atoms with E-state index >= 15 is 0 Å². The number of hydrogen-bond acceptors (Lipinski definition) is 3. The van der Waals surface area contributed by atoms with E-state index < -0.39 is 0 Å². The van der Waals surface area contributed by atoms with E-state index in [0.29, 0.717) is 11.5 Å². The minimum atomic E-state index is -0.134. The molecule has 3 fully saturated rings. The molecule has 3 aliphatic heterocycles. The molecule has 0 aliphatic carbocycles. The maximum absolute atomic E-state index is 12.7. The van der Waals surface area contributed by atoms with Crippen LogP contribution in [0.3, 0.4) is 0 Å². The zero-order valence-electron chi connectivity index (χ0n) is 14.4. The fourth-order valence-electron chi connectivity index (χ4n) is 3.98. The standard InChI is InChI=1S/C20H23N3O2/c1-14-3-2-4-17(11-14)23-12-16(5-6-19(23)24)20(25)21-18-13-22-9-7-15(18)8-10-22/h2-6,11-12,15,18H,7-10,13H2,1H3,(H,21,25). The van der Waals surface area contributed by atoms with Gasteiger partial charge in [0.2, 0.25) is 0 Å². The van der Waals surface area contributed by atoms with Crippen LogP contribution in [0.25, 0.3) is 5.69 Å². The van der Waals surface area contributed by atoms with Gasteiger partial charge >= 0.3 is 0 Å². The lowest BCUT2D eigenvalue weighted by molar-refractivity contribution is 0.0620. The van der Waals surface area contributed by atoms with Crippen molar-refractivity contribution in [3.05, 3.63) is 64.1 Å². The molecule has 4 heterocycles. The van der Waals surface area contributed by atoms with Gasteiger partial charge in [-0.25, -0.2) is 0 Å². The van der Waals surface area contributed by atoms with Gasteiger partial charge < -0.3 is 10.2 Å². The Hall–Kier alpha value is -2.40. The fraction of sp³-hybridized carbons (Fsp3) is 0.400. The van der Waals surface area contributed by atoms with Crippen LogP contribution in [0, 0.1) is 12.8 Å². The summed E-state index contributed by atoms with van der Waals surface area (Å²) >= 11 is 0. The number of carbonyl (C=O) groups is 1. The van der Waals surface area contributed by atoms with Crippen molar-refractivity contribution in [3.8, 4) is 5.69 Å². The number of fused-ring (bicyclic) bond motifs is 3. The molecular weight excluding hydrogens is 314 g/mol. The number of rotatable bonds is 3. The maximum Gasteiger partial charge on any atom is 0.255 e. The van der Waals surface area contributed by atoms with Gasteiger partial charge in [-0.05, 0) is 62.5 Å². The second-order valence-electron chi connectivity index (χ2n) is 7.18. The van der Waals surface area contributed by atoms with E-state index in [4.69, 9.17) is 0 Å². The van der Waals surface area contributed by atoms with Crippen LogP contribution in [-0.4, -0.2) is 41.1 Å². The predicted molar refractivity (Wildman–Crippen MR) is 97.2 cm³/mol. The SMILES string of the molecule is Cc1cccc(-n2cc(C(=O)NC3CN4CCC3CC4)ccc2=O)c1. The number of amides is 1. The van der Waals surface area contributed by atoms with Crippen LogP contribution in [0.15, 0.2) is 47.4 Å². The Bertz CT molecular complexity index is 850. The van der Waals surface area contributed by atoms with Gasteiger partial charge in [0.25, 0.3) is 11.5 Å². The highest BCUT2D eigenvalue weighted by Gasteiger charge is 2.34. The summed E-state index contributed by atoms with van der Waals surface area (Å²) in [5.74, 6) is 0.483. The summed E-state index contributed by atoms with van der Waals surface area (Å²) in [7, 11) is 0. The van der Waals surface area contributed by atoms with Crippen LogP contribution in [0.2, 0.25) is 0 Å². The summed E-state index contributed by atoms with van der Waals surface area (Å²) in [6, 6.07) is 11.0. The molecule has 3 saturated heterocycles. The molecular formula is C20H23N3O2. The minimum Gasteiger partial charge on any atom is -0.348 e. The number of carbonyl (C=O) groups excluding carboxylic acids is 1. The smallest absolute Gasteiger partial charge is 0.255 e. The van der Waals surface area contributed by atoms with Crippen molar-refractivity contribution in [2.45, 2.75) is 25.8 Å². The van der Waals surface area contributed by atoms with Crippen LogP contribution in [0.5, 0.6) is 0 Å². The molecule has 1 N–H and O–H groups in total. The molecule has 5 rings (SSSR count).